The largest absolute Gasteiger partial charge is 0.497 e. The van der Waals surface area contributed by atoms with E-state index in [1.807, 2.05) is 0 Å². The summed E-state index contributed by atoms with van der Waals surface area (Å²) in [6.07, 6.45) is 3.46. The van der Waals surface area contributed by atoms with Crippen LogP contribution in [0.25, 0.3) is 0 Å². The van der Waals surface area contributed by atoms with E-state index >= 15 is 0 Å². The number of methoxy groups -OCH3 is 1. The van der Waals surface area contributed by atoms with Crippen molar-refractivity contribution in [3.8, 4) is 5.75 Å². The van der Waals surface area contributed by atoms with Gasteiger partial charge in [0.15, 0.2) is 5.78 Å². The van der Waals surface area contributed by atoms with Gasteiger partial charge in [-0.1, -0.05) is 11.6 Å². The molecular formula is C14H15ClO2. The number of benzene rings is 1. The summed E-state index contributed by atoms with van der Waals surface area (Å²) in [4.78, 5) is 12.3. The van der Waals surface area contributed by atoms with E-state index in [2.05, 4.69) is 0 Å². The topological polar surface area (TPSA) is 26.3 Å². The zero-order valence-corrected chi connectivity index (χ0v) is 10.5. The fraction of sp³-hybridized carbons (Fsp3) is 0.500. The van der Waals surface area contributed by atoms with Crippen LogP contribution >= 0.6 is 11.6 Å². The highest BCUT2D eigenvalue weighted by molar-refractivity contribution is 6.34. The van der Waals surface area contributed by atoms with Crippen molar-refractivity contribution in [3.05, 3.63) is 28.8 Å². The Bertz CT molecular complexity index is 459. The molecule has 0 aliphatic heterocycles. The molecule has 0 bridgehead atoms. The summed E-state index contributed by atoms with van der Waals surface area (Å²) in [5.74, 6) is 2.75. The van der Waals surface area contributed by atoms with Gasteiger partial charge in [-0.2, -0.15) is 0 Å². The smallest absolute Gasteiger partial charge is 0.167 e. The van der Waals surface area contributed by atoms with Gasteiger partial charge in [-0.3, -0.25) is 4.79 Å². The number of ketones is 1. The molecule has 0 radical (unpaired) electrons. The van der Waals surface area contributed by atoms with Crippen molar-refractivity contribution in [2.75, 3.05) is 7.11 Å². The van der Waals surface area contributed by atoms with E-state index in [9.17, 15) is 4.79 Å². The molecule has 2 aliphatic carbocycles. The second kappa shape index (κ2) is 4.02. The second-order valence-electron chi connectivity index (χ2n) is 5.13. The van der Waals surface area contributed by atoms with Gasteiger partial charge in [0.25, 0.3) is 0 Å². The maximum Gasteiger partial charge on any atom is 0.167 e. The minimum Gasteiger partial charge on any atom is -0.497 e. The van der Waals surface area contributed by atoms with Crippen LogP contribution in [-0.2, 0) is 0 Å². The maximum atomic E-state index is 12.3. The van der Waals surface area contributed by atoms with Gasteiger partial charge >= 0.3 is 0 Å². The Balaban J connectivity index is 1.81. The molecule has 0 N–H and O–H groups in total. The van der Waals surface area contributed by atoms with Crippen molar-refractivity contribution in [2.45, 2.75) is 19.3 Å². The lowest BCUT2D eigenvalue weighted by atomic mass is 9.93. The molecular weight excluding hydrogens is 236 g/mol. The molecule has 1 aromatic rings. The van der Waals surface area contributed by atoms with Gasteiger partial charge < -0.3 is 4.74 Å². The third-order valence-corrected chi connectivity index (χ3v) is 4.37. The number of ether oxygens (including phenoxy) is 1. The molecule has 2 fully saturated rings. The summed E-state index contributed by atoms with van der Waals surface area (Å²) in [5, 5.41) is 0.509. The van der Waals surface area contributed by atoms with Gasteiger partial charge in [0, 0.05) is 11.5 Å². The molecule has 0 spiro atoms. The first-order chi connectivity index (χ1) is 8.19. The predicted molar refractivity (Wildman–Crippen MR) is 66.7 cm³/mol. The van der Waals surface area contributed by atoms with Gasteiger partial charge in [0.1, 0.15) is 5.75 Å². The molecule has 0 saturated heterocycles. The van der Waals surface area contributed by atoms with Crippen LogP contribution in [-0.4, -0.2) is 12.9 Å². The lowest BCUT2D eigenvalue weighted by molar-refractivity contribution is 0.0914. The highest BCUT2D eigenvalue weighted by Crippen LogP contribution is 2.55. The molecule has 2 atom stereocenters. The second-order valence-corrected chi connectivity index (χ2v) is 5.54. The van der Waals surface area contributed by atoms with Crippen molar-refractivity contribution in [2.24, 2.45) is 17.8 Å². The van der Waals surface area contributed by atoms with Crippen LogP contribution in [0, 0.1) is 17.8 Å². The van der Waals surface area contributed by atoms with E-state index in [-0.39, 0.29) is 11.7 Å². The highest BCUT2D eigenvalue weighted by atomic mass is 35.5. The normalized spacial score (nSPS) is 29.9. The van der Waals surface area contributed by atoms with E-state index in [0.29, 0.717) is 16.3 Å². The molecule has 2 saturated carbocycles. The lowest BCUT2D eigenvalue weighted by Crippen LogP contribution is -2.13. The van der Waals surface area contributed by atoms with Crippen LogP contribution in [0.5, 0.6) is 5.75 Å². The maximum absolute atomic E-state index is 12.3. The monoisotopic (exact) mass is 250 g/mol. The van der Waals surface area contributed by atoms with Gasteiger partial charge in [0.2, 0.25) is 0 Å². The Morgan fingerprint density at radius 1 is 1.29 bits per heavy atom. The first kappa shape index (κ1) is 11.1. The summed E-state index contributed by atoms with van der Waals surface area (Å²) in [7, 11) is 1.59. The van der Waals surface area contributed by atoms with E-state index in [4.69, 9.17) is 16.3 Å². The number of hydrogen-bond donors (Lipinski definition) is 0. The molecule has 3 rings (SSSR count). The Morgan fingerprint density at radius 2 is 2.00 bits per heavy atom. The SMILES string of the molecule is COc1ccc(C(=O)C2CC3CC3C2)c(Cl)c1. The fourth-order valence-electron chi connectivity index (χ4n) is 2.97. The number of fused-ring (bicyclic) bond motifs is 1. The number of rotatable bonds is 3. The molecule has 0 heterocycles. The zero-order valence-electron chi connectivity index (χ0n) is 9.78. The summed E-state index contributed by atoms with van der Waals surface area (Å²) in [5.41, 5.74) is 0.652. The number of carbonyl (C=O) groups is 1. The summed E-state index contributed by atoms with van der Waals surface area (Å²) in [6, 6.07) is 5.30. The summed E-state index contributed by atoms with van der Waals surface area (Å²) >= 11 is 6.13. The Labute approximate surface area is 106 Å². The molecule has 17 heavy (non-hydrogen) atoms. The molecule has 3 heteroatoms. The van der Waals surface area contributed by atoms with Crippen molar-refractivity contribution >= 4 is 17.4 Å². The number of Topliss-reactive ketones (excluding diaryl/α,β-unsaturated/α-hetero) is 1. The average Bonchev–Trinajstić information content (AvgIpc) is 2.95. The van der Waals surface area contributed by atoms with Gasteiger partial charge in [-0.25, -0.2) is 0 Å². The fourth-order valence-corrected chi connectivity index (χ4v) is 3.24. The standard InChI is InChI=1S/C14H15ClO2/c1-17-11-2-3-12(13(15)7-11)14(16)10-5-8-4-9(8)6-10/h2-3,7-10H,4-6H2,1H3. The first-order valence-corrected chi connectivity index (χ1v) is 6.44. The lowest BCUT2D eigenvalue weighted by Gasteiger charge is -2.12. The zero-order chi connectivity index (χ0) is 12.0. The molecule has 0 amide bonds. The van der Waals surface area contributed by atoms with Gasteiger partial charge in [0.05, 0.1) is 12.1 Å². The van der Waals surface area contributed by atoms with E-state index in [0.717, 1.165) is 24.7 Å². The molecule has 90 valence electrons. The van der Waals surface area contributed by atoms with Crippen LogP contribution in [0.15, 0.2) is 18.2 Å². The summed E-state index contributed by atoms with van der Waals surface area (Å²) in [6.45, 7) is 0. The quantitative estimate of drug-likeness (QED) is 0.767. The third-order valence-electron chi connectivity index (χ3n) is 4.06. The molecule has 2 aliphatic rings. The molecule has 2 unspecified atom stereocenters. The van der Waals surface area contributed by atoms with E-state index in [1.54, 1.807) is 25.3 Å². The van der Waals surface area contributed by atoms with Crippen molar-refractivity contribution in [1.82, 2.24) is 0 Å². The number of hydrogen-bond acceptors (Lipinski definition) is 2. The van der Waals surface area contributed by atoms with Crippen molar-refractivity contribution < 1.29 is 9.53 Å². The third kappa shape index (κ3) is 1.95. The molecule has 2 nitrogen and oxygen atoms in total. The Hall–Kier alpha value is -1.02. The van der Waals surface area contributed by atoms with Gasteiger partial charge in [-0.05, 0) is 49.3 Å². The number of carbonyl (C=O) groups excluding carboxylic acids is 1. The van der Waals surface area contributed by atoms with Gasteiger partial charge in [-0.15, -0.1) is 0 Å². The van der Waals surface area contributed by atoms with Crippen LogP contribution in [0.4, 0.5) is 0 Å². The number of halogens is 1. The van der Waals surface area contributed by atoms with Crippen molar-refractivity contribution in [3.63, 3.8) is 0 Å². The van der Waals surface area contributed by atoms with Crippen LogP contribution in [0.3, 0.4) is 0 Å². The minimum absolute atomic E-state index is 0.199. The summed E-state index contributed by atoms with van der Waals surface area (Å²) < 4.78 is 5.08. The van der Waals surface area contributed by atoms with Crippen LogP contribution in [0.1, 0.15) is 29.6 Å². The molecule has 0 aromatic heterocycles. The predicted octanol–water partition coefficient (Wildman–Crippen LogP) is 3.58. The van der Waals surface area contributed by atoms with Crippen LogP contribution in [0.2, 0.25) is 5.02 Å². The highest BCUT2D eigenvalue weighted by Gasteiger charge is 2.48. The molecule has 1 aromatic carbocycles. The van der Waals surface area contributed by atoms with E-state index < -0.39 is 0 Å². The van der Waals surface area contributed by atoms with E-state index in [1.165, 1.54) is 6.42 Å². The first-order valence-electron chi connectivity index (χ1n) is 6.07. The van der Waals surface area contributed by atoms with Crippen LogP contribution < -0.4 is 4.74 Å². The van der Waals surface area contributed by atoms with Crippen molar-refractivity contribution in [1.29, 1.82) is 0 Å². The Kier molecular flexibility index (Phi) is 2.62. The average molecular weight is 251 g/mol. The minimum atomic E-state index is 0.199. The Morgan fingerprint density at radius 3 is 2.59 bits per heavy atom.